The van der Waals surface area contributed by atoms with Crippen LogP contribution in [-0.4, -0.2) is 27.4 Å². The Kier molecular flexibility index (Phi) is 6.83. The van der Waals surface area contributed by atoms with E-state index in [1.165, 1.54) is 37.1 Å². The molecule has 1 aliphatic carbocycles. The Bertz CT molecular complexity index is 482. The van der Waals surface area contributed by atoms with Gasteiger partial charge in [0.15, 0.2) is 0 Å². The molecule has 1 heterocycles. The van der Waals surface area contributed by atoms with Crippen LogP contribution in [0.4, 0.5) is 0 Å². The number of amides is 1. The van der Waals surface area contributed by atoms with Gasteiger partial charge in [-0.1, -0.05) is 26.2 Å². The van der Waals surface area contributed by atoms with Gasteiger partial charge >= 0.3 is 0 Å². The van der Waals surface area contributed by atoms with Crippen LogP contribution in [0.5, 0.6) is 0 Å². The van der Waals surface area contributed by atoms with Crippen molar-refractivity contribution in [1.82, 2.24) is 10.3 Å². The summed E-state index contributed by atoms with van der Waals surface area (Å²) in [4.78, 5) is 16.2. The first-order chi connectivity index (χ1) is 10.2. The lowest BCUT2D eigenvalue weighted by Crippen LogP contribution is -2.29. The molecule has 0 aromatic carbocycles. The smallest absolute Gasteiger partial charge is 0.232 e. The van der Waals surface area contributed by atoms with Crippen LogP contribution in [0.2, 0.25) is 0 Å². The molecule has 21 heavy (non-hydrogen) atoms. The molecule has 0 unspecified atom stereocenters. The van der Waals surface area contributed by atoms with Gasteiger partial charge < -0.3 is 5.32 Å². The van der Waals surface area contributed by atoms with Gasteiger partial charge in [0.2, 0.25) is 5.91 Å². The lowest BCUT2D eigenvalue weighted by molar-refractivity contribution is -0.118. The number of thiazole rings is 1. The summed E-state index contributed by atoms with van der Waals surface area (Å²) in [5, 5.41) is 5.95. The zero-order valence-electron chi connectivity index (χ0n) is 12.6. The maximum absolute atomic E-state index is 12.0. The van der Waals surface area contributed by atoms with Crippen molar-refractivity contribution in [3.8, 4) is 0 Å². The molecule has 1 atom stereocenters. The highest BCUT2D eigenvalue weighted by molar-refractivity contribution is 7.84. The molecular formula is C15H24N2O2S2. The summed E-state index contributed by atoms with van der Waals surface area (Å²) < 4.78 is 12.0. The van der Waals surface area contributed by atoms with E-state index in [0.717, 1.165) is 12.1 Å². The normalized spacial score (nSPS) is 17.6. The van der Waals surface area contributed by atoms with Crippen LogP contribution in [0.25, 0.3) is 0 Å². The number of carbonyl (C=O) groups excluding carboxylic acids is 1. The minimum atomic E-state index is -1.16. The van der Waals surface area contributed by atoms with Crippen LogP contribution < -0.4 is 5.32 Å². The number of hydrogen-bond acceptors (Lipinski definition) is 4. The fourth-order valence-corrected chi connectivity index (χ4v) is 4.67. The molecule has 1 aromatic heterocycles. The number of nitrogens with zero attached hydrogens (tertiary/aromatic N) is 1. The summed E-state index contributed by atoms with van der Waals surface area (Å²) in [6.07, 6.45) is 7.29. The molecule has 1 aliphatic rings. The third-order valence-electron chi connectivity index (χ3n) is 3.70. The number of aromatic nitrogens is 1. The molecule has 118 valence electrons. The molecule has 1 saturated carbocycles. The zero-order valence-corrected chi connectivity index (χ0v) is 14.2. The number of carbonyl (C=O) groups is 1. The van der Waals surface area contributed by atoms with Crippen molar-refractivity contribution in [2.24, 2.45) is 0 Å². The topological polar surface area (TPSA) is 59.1 Å². The first-order valence-corrected chi connectivity index (χ1v) is 10.1. The Morgan fingerprint density at radius 2 is 2.19 bits per heavy atom. The van der Waals surface area contributed by atoms with Gasteiger partial charge in [0.1, 0.15) is 5.75 Å². The zero-order chi connectivity index (χ0) is 15.1. The second-order valence-electron chi connectivity index (χ2n) is 5.59. The second-order valence-corrected chi connectivity index (χ2v) is 7.94. The number of hydrogen-bond donors (Lipinski definition) is 1. The third kappa shape index (κ3) is 5.51. The Morgan fingerprint density at radius 3 is 2.90 bits per heavy atom. The van der Waals surface area contributed by atoms with Gasteiger partial charge in [0, 0.05) is 28.6 Å². The molecule has 0 aliphatic heterocycles. The van der Waals surface area contributed by atoms with Crippen molar-refractivity contribution in [1.29, 1.82) is 0 Å². The molecule has 2 rings (SSSR count). The van der Waals surface area contributed by atoms with Crippen LogP contribution in [0.15, 0.2) is 5.38 Å². The van der Waals surface area contributed by atoms with E-state index in [1.807, 2.05) is 12.3 Å². The van der Waals surface area contributed by atoms with Gasteiger partial charge in [-0.2, -0.15) is 0 Å². The predicted octanol–water partition coefficient (Wildman–Crippen LogP) is 2.97. The molecule has 1 fully saturated rings. The number of nitrogens with one attached hydrogen (secondary N) is 1. The van der Waals surface area contributed by atoms with E-state index < -0.39 is 10.8 Å². The average molecular weight is 329 g/mol. The quantitative estimate of drug-likeness (QED) is 0.837. The van der Waals surface area contributed by atoms with Crippen LogP contribution in [0.3, 0.4) is 0 Å². The Hall–Kier alpha value is -0.750. The van der Waals surface area contributed by atoms with Crippen molar-refractivity contribution in [3.63, 3.8) is 0 Å². The molecule has 6 heteroatoms. The fraction of sp³-hybridized carbons (Fsp3) is 0.733. The van der Waals surface area contributed by atoms with Gasteiger partial charge in [0.05, 0.1) is 16.5 Å². The maximum atomic E-state index is 12.0. The lowest BCUT2D eigenvalue weighted by atomic mass is 9.90. The van der Waals surface area contributed by atoms with Gasteiger partial charge in [0.25, 0.3) is 0 Å². The van der Waals surface area contributed by atoms with Gasteiger partial charge in [-0.25, -0.2) is 4.98 Å². The molecule has 0 radical (unpaired) electrons. The maximum Gasteiger partial charge on any atom is 0.232 e. The Morgan fingerprint density at radius 1 is 1.43 bits per heavy atom. The summed E-state index contributed by atoms with van der Waals surface area (Å²) >= 11 is 1.68. The molecule has 4 nitrogen and oxygen atoms in total. The van der Waals surface area contributed by atoms with Crippen molar-refractivity contribution in [2.75, 3.05) is 12.3 Å². The van der Waals surface area contributed by atoms with Crippen molar-refractivity contribution >= 4 is 28.0 Å². The van der Waals surface area contributed by atoms with E-state index in [0.29, 0.717) is 18.2 Å². The summed E-state index contributed by atoms with van der Waals surface area (Å²) in [7, 11) is -1.16. The molecule has 0 spiro atoms. The summed E-state index contributed by atoms with van der Waals surface area (Å²) in [6, 6.07) is 0. The highest BCUT2D eigenvalue weighted by Crippen LogP contribution is 2.34. The molecule has 0 saturated heterocycles. The van der Waals surface area contributed by atoms with Crippen LogP contribution in [0, 0.1) is 0 Å². The van der Waals surface area contributed by atoms with Crippen molar-refractivity contribution in [3.05, 3.63) is 16.1 Å². The molecule has 0 bridgehead atoms. The van der Waals surface area contributed by atoms with E-state index in [-0.39, 0.29) is 11.7 Å². The standard InChI is InChI=1S/C15H24N2O2S2/c1-2-8-16-14(18)11-21(19)10-13-9-20-15(17-13)12-6-4-3-5-7-12/h9,12H,2-8,10-11H2,1H3,(H,16,18)/t21-/m1/s1. The molecule has 1 aromatic rings. The summed E-state index contributed by atoms with van der Waals surface area (Å²) in [6.45, 7) is 2.65. The van der Waals surface area contributed by atoms with E-state index >= 15 is 0 Å². The van der Waals surface area contributed by atoms with Crippen molar-refractivity contribution < 1.29 is 9.00 Å². The van der Waals surface area contributed by atoms with E-state index in [4.69, 9.17) is 0 Å². The first kappa shape index (κ1) is 16.6. The minimum absolute atomic E-state index is 0.0797. The van der Waals surface area contributed by atoms with E-state index in [2.05, 4.69) is 10.3 Å². The predicted molar refractivity (Wildman–Crippen MR) is 88.0 cm³/mol. The largest absolute Gasteiger partial charge is 0.355 e. The summed E-state index contributed by atoms with van der Waals surface area (Å²) in [5.41, 5.74) is 0.877. The Balaban J connectivity index is 1.81. The highest BCUT2D eigenvalue weighted by atomic mass is 32.2. The van der Waals surface area contributed by atoms with Gasteiger partial charge in [-0.05, 0) is 19.3 Å². The summed E-state index contributed by atoms with van der Waals surface area (Å²) in [5.74, 6) is 0.940. The fourth-order valence-electron chi connectivity index (χ4n) is 2.60. The van der Waals surface area contributed by atoms with Gasteiger partial charge in [-0.15, -0.1) is 11.3 Å². The highest BCUT2D eigenvalue weighted by Gasteiger charge is 2.19. The SMILES string of the molecule is CCCNC(=O)C[S@](=O)Cc1csc(C2CCCCC2)n1. The van der Waals surface area contributed by atoms with Gasteiger partial charge in [-0.3, -0.25) is 9.00 Å². The molecular weight excluding hydrogens is 304 g/mol. The molecule has 1 amide bonds. The lowest BCUT2D eigenvalue weighted by Gasteiger charge is -2.18. The first-order valence-electron chi connectivity index (χ1n) is 7.75. The van der Waals surface area contributed by atoms with Crippen molar-refractivity contribution in [2.45, 2.75) is 57.1 Å². The average Bonchev–Trinajstić information content (AvgIpc) is 2.94. The van der Waals surface area contributed by atoms with E-state index in [1.54, 1.807) is 11.3 Å². The number of rotatable bonds is 7. The van der Waals surface area contributed by atoms with E-state index in [9.17, 15) is 9.00 Å². The third-order valence-corrected chi connectivity index (χ3v) is 5.95. The monoisotopic (exact) mass is 328 g/mol. The Labute approximate surface area is 133 Å². The van der Waals surface area contributed by atoms with Crippen LogP contribution in [-0.2, 0) is 21.3 Å². The second kappa shape index (κ2) is 8.63. The van der Waals surface area contributed by atoms with Crippen LogP contribution >= 0.6 is 11.3 Å². The van der Waals surface area contributed by atoms with Crippen LogP contribution in [0.1, 0.15) is 62.1 Å². The minimum Gasteiger partial charge on any atom is -0.355 e. The molecule has 1 N–H and O–H groups in total.